The summed E-state index contributed by atoms with van der Waals surface area (Å²) in [5.41, 5.74) is 1.17. The number of benzene rings is 1. The summed E-state index contributed by atoms with van der Waals surface area (Å²) in [6, 6.07) is 1.34. The van der Waals surface area contributed by atoms with Crippen LogP contribution in [0.25, 0.3) is 0 Å². The van der Waals surface area contributed by atoms with Crippen LogP contribution in [0.15, 0.2) is 6.07 Å². The lowest BCUT2D eigenvalue weighted by Crippen LogP contribution is -1.98. The fourth-order valence-corrected chi connectivity index (χ4v) is 1.47. The number of aryl methyl sites for hydroxylation is 1. The van der Waals surface area contributed by atoms with Gasteiger partial charge in [0.15, 0.2) is 0 Å². The molecule has 0 fully saturated rings. The molecule has 0 N–H and O–H groups in total. The van der Waals surface area contributed by atoms with E-state index in [4.69, 9.17) is 0 Å². The van der Waals surface area contributed by atoms with Gasteiger partial charge in [-0.25, -0.2) is 8.78 Å². The minimum Gasteiger partial charge on any atom is -0.207 e. The zero-order valence-electron chi connectivity index (χ0n) is 6.99. The van der Waals surface area contributed by atoms with Crippen LogP contribution in [0.3, 0.4) is 0 Å². The van der Waals surface area contributed by atoms with Crippen molar-refractivity contribution in [3.8, 4) is 0 Å². The van der Waals surface area contributed by atoms with Gasteiger partial charge in [0.05, 0.1) is 0 Å². The summed E-state index contributed by atoms with van der Waals surface area (Å²) in [4.78, 5) is 0. The predicted octanol–water partition coefficient (Wildman–Crippen LogP) is 3.01. The van der Waals surface area contributed by atoms with Crippen LogP contribution in [0, 0.1) is 25.5 Å². The molecule has 0 nitrogen and oxygen atoms in total. The molecule has 0 unspecified atom stereocenters. The monoisotopic (exact) mass is 188 g/mol. The minimum absolute atomic E-state index is 0.0738. The van der Waals surface area contributed by atoms with Crippen LogP contribution in [0.5, 0.6) is 0 Å². The van der Waals surface area contributed by atoms with E-state index in [0.29, 0.717) is 16.9 Å². The number of hydrogen-bond donors (Lipinski definition) is 1. The summed E-state index contributed by atoms with van der Waals surface area (Å²) in [5.74, 6) is -0.656. The highest BCUT2D eigenvalue weighted by Crippen LogP contribution is 2.21. The molecule has 1 aromatic carbocycles. The van der Waals surface area contributed by atoms with E-state index in [1.54, 1.807) is 6.92 Å². The summed E-state index contributed by atoms with van der Waals surface area (Å²) >= 11 is 3.97. The molecular formula is C9H10F2S. The molecule has 1 rings (SSSR count). The fraction of sp³-hybridized carbons (Fsp3) is 0.333. The Balaban J connectivity index is 3.40. The molecule has 0 aliphatic rings. The number of thiol groups is 1. The van der Waals surface area contributed by atoms with Crippen molar-refractivity contribution in [2.24, 2.45) is 0 Å². The summed E-state index contributed by atoms with van der Waals surface area (Å²) in [6.07, 6.45) is 0. The second-order valence-corrected chi connectivity index (χ2v) is 3.07. The maximum atomic E-state index is 13.2. The van der Waals surface area contributed by atoms with E-state index in [0.717, 1.165) is 0 Å². The van der Waals surface area contributed by atoms with E-state index in [1.807, 2.05) is 0 Å². The van der Waals surface area contributed by atoms with E-state index >= 15 is 0 Å². The summed E-state index contributed by atoms with van der Waals surface area (Å²) in [7, 11) is 0. The van der Waals surface area contributed by atoms with E-state index in [9.17, 15) is 8.78 Å². The van der Waals surface area contributed by atoms with Crippen LogP contribution < -0.4 is 0 Å². The van der Waals surface area contributed by atoms with Crippen molar-refractivity contribution in [2.45, 2.75) is 19.6 Å². The fourth-order valence-electron chi connectivity index (χ4n) is 1.08. The smallest absolute Gasteiger partial charge is 0.133 e. The number of rotatable bonds is 1. The molecule has 12 heavy (non-hydrogen) atoms. The van der Waals surface area contributed by atoms with Gasteiger partial charge < -0.3 is 0 Å². The minimum atomic E-state index is -0.490. The van der Waals surface area contributed by atoms with Crippen LogP contribution in [-0.2, 0) is 5.75 Å². The largest absolute Gasteiger partial charge is 0.207 e. The van der Waals surface area contributed by atoms with Gasteiger partial charge in [0.25, 0.3) is 0 Å². The topological polar surface area (TPSA) is 0 Å². The number of hydrogen-bond acceptors (Lipinski definition) is 1. The average molecular weight is 188 g/mol. The lowest BCUT2D eigenvalue weighted by atomic mass is 10.1. The summed E-state index contributed by atoms with van der Waals surface area (Å²) in [6.45, 7) is 3.11. The Morgan fingerprint density at radius 3 is 2.42 bits per heavy atom. The molecule has 0 saturated heterocycles. The van der Waals surface area contributed by atoms with Gasteiger partial charge in [-0.2, -0.15) is 12.6 Å². The summed E-state index contributed by atoms with van der Waals surface area (Å²) < 4.78 is 26.1. The molecule has 0 amide bonds. The lowest BCUT2D eigenvalue weighted by molar-refractivity contribution is 0.559. The van der Waals surface area contributed by atoms with Crippen molar-refractivity contribution in [2.75, 3.05) is 0 Å². The molecule has 0 atom stereocenters. The van der Waals surface area contributed by atoms with Crippen molar-refractivity contribution in [1.82, 2.24) is 0 Å². The molecule has 0 aromatic heterocycles. The second kappa shape index (κ2) is 3.44. The zero-order valence-corrected chi connectivity index (χ0v) is 7.88. The highest BCUT2D eigenvalue weighted by atomic mass is 32.1. The van der Waals surface area contributed by atoms with Crippen molar-refractivity contribution in [1.29, 1.82) is 0 Å². The van der Waals surface area contributed by atoms with Gasteiger partial charge in [-0.1, -0.05) is 0 Å². The van der Waals surface area contributed by atoms with Gasteiger partial charge in [-0.3, -0.25) is 0 Å². The maximum absolute atomic E-state index is 13.2. The second-order valence-electron chi connectivity index (χ2n) is 2.75. The van der Waals surface area contributed by atoms with E-state index in [-0.39, 0.29) is 5.56 Å². The SMILES string of the molecule is Cc1cc(F)c(C)c(F)c1CS. The highest BCUT2D eigenvalue weighted by molar-refractivity contribution is 7.79. The zero-order chi connectivity index (χ0) is 9.30. The molecule has 0 radical (unpaired) electrons. The first-order valence-corrected chi connectivity index (χ1v) is 4.26. The van der Waals surface area contributed by atoms with Gasteiger partial charge in [-0.05, 0) is 25.5 Å². The number of halogens is 2. The molecule has 66 valence electrons. The van der Waals surface area contributed by atoms with Crippen LogP contribution in [0.4, 0.5) is 8.78 Å². The normalized spacial score (nSPS) is 10.4. The third kappa shape index (κ3) is 1.46. The molecule has 3 heteroatoms. The van der Waals surface area contributed by atoms with Crippen LogP contribution >= 0.6 is 12.6 Å². The maximum Gasteiger partial charge on any atom is 0.133 e. The molecule has 0 spiro atoms. The van der Waals surface area contributed by atoms with Crippen molar-refractivity contribution >= 4 is 12.6 Å². The highest BCUT2D eigenvalue weighted by Gasteiger charge is 2.11. The Morgan fingerprint density at radius 2 is 1.92 bits per heavy atom. The Hall–Kier alpha value is -0.570. The molecule has 1 aromatic rings. The van der Waals surface area contributed by atoms with Crippen LogP contribution in [0.2, 0.25) is 0 Å². The Kier molecular flexibility index (Phi) is 2.73. The van der Waals surface area contributed by atoms with Crippen molar-refractivity contribution < 1.29 is 8.78 Å². The molecular weight excluding hydrogens is 178 g/mol. The van der Waals surface area contributed by atoms with Crippen LogP contribution in [-0.4, -0.2) is 0 Å². The van der Waals surface area contributed by atoms with Gasteiger partial charge in [-0.15, -0.1) is 0 Å². The molecule has 0 aliphatic carbocycles. The van der Waals surface area contributed by atoms with Crippen molar-refractivity contribution in [3.05, 3.63) is 34.4 Å². The Morgan fingerprint density at radius 1 is 1.33 bits per heavy atom. The van der Waals surface area contributed by atoms with Crippen molar-refractivity contribution in [3.63, 3.8) is 0 Å². The standard InChI is InChI=1S/C9H10F2S/c1-5-3-8(10)6(2)9(11)7(5)4-12/h3,12H,4H2,1-2H3. The molecule has 0 bridgehead atoms. The quantitative estimate of drug-likeness (QED) is 0.643. The van der Waals surface area contributed by atoms with E-state index in [1.165, 1.54) is 13.0 Å². The first kappa shape index (κ1) is 9.52. The lowest BCUT2D eigenvalue weighted by Gasteiger charge is -2.07. The Labute approximate surface area is 76.0 Å². The molecule has 0 aliphatic heterocycles. The van der Waals surface area contributed by atoms with Gasteiger partial charge in [0, 0.05) is 16.9 Å². The average Bonchev–Trinajstić information content (AvgIpc) is 2.01. The van der Waals surface area contributed by atoms with Crippen LogP contribution in [0.1, 0.15) is 16.7 Å². The van der Waals surface area contributed by atoms with Gasteiger partial charge in [0.2, 0.25) is 0 Å². The molecule has 0 saturated carbocycles. The third-order valence-electron chi connectivity index (χ3n) is 1.93. The predicted molar refractivity (Wildman–Crippen MR) is 48.5 cm³/mol. The van der Waals surface area contributed by atoms with E-state index in [2.05, 4.69) is 12.6 Å². The molecule has 0 heterocycles. The van der Waals surface area contributed by atoms with E-state index < -0.39 is 11.6 Å². The Bertz CT molecular complexity index is 308. The third-order valence-corrected chi connectivity index (χ3v) is 2.25. The van der Waals surface area contributed by atoms with Gasteiger partial charge in [0.1, 0.15) is 11.6 Å². The first-order chi connectivity index (χ1) is 5.57. The summed E-state index contributed by atoms with van der Waals surface area (Å²) in [5, 5.41) is 0. The first-order valence-electron chi connectivity index (χ1n) is 3.63. The van der Waals surface area contributed by atoms with Gasteiger partial charge >= 0.3 is 0 Å².